The average molecular weight is 329 g/mol. The molecule has 0 amide bonds. The molecule has 0 aliphatic heterocycles. The molecule has 20 heavy (non-hydrogen) atoms. The van der Waals surface area contributed by atoms with Gasteiger partial charge in [-0.1, -0.05) is 0 Å². The zero-order chi connectivity index (χ0) is 15.1. The molecule has 0 saturated carbocycles. The van der Waals surface area contributed by atoms with Gasteiger partial charge >= 0.3 is 126 Å². The SMILES string of the molecule is Cc1ccc(-c2cc(C)[c]([Ge]([CH3])([CH3])[CH3])c[n+]2C)c(C)c1. The Morgan fingerprint density at radius 1 is 0.900 bits per heavy atom. The van der Waals surface area contributed by atoms with Crippen molar-refractivity contribution in [2.75, 3.05) is 0 Å². The monoisotopic (exact) mass is 330 g/mol. The molecule has 0 atom stereocenters. The van der Waals surface area contributed by atoms with Crippen molar-refractivity contribution in [2.24, 2.45) is 7.05 Å². The van der Waals surface area contributed by atoms with E-state index < -0.39 is 13.3 Å². The van der Waals surface area contributed by atoms with E-state index in [1.807, 2.05) is 0 Å². The van der Waals surface area contributed by atoms with Crippen LogP contribution in [-0.4, -0.2) is 13.3 Å². The number of pyridine rings is 1. The van der Waals surface area contributed by atoms with Crippen LogP contribution in [0.25, 0.3) is 11.3 Å². The van der Waals surface area contributed by atoms with Crippen molar-refractivity contribution in [3.05, 3.63) is 47.2 Å². The predicted molar refractivity (Wildman–Crippen MR) is 90.2 cm³/mol. The molecule has 106 valence electrons. The predicted octanol–water partition coefficient (Wildman–Crippen LogP) is 3.65. The zero-order valence-corrected chi connectivity index (χ0v) is 15.9. The Hall–Kier alpha value is -1.09. The van der Waals surface area contributed by atoms with Gasteiger partial charge in [0.2, 0.25) is 0 Å². The van der Waals surface area contributed by atoms with Gasteiger partial charge in [0.05, 0.1) is 0 Å². The van der Waals surface area contributed by atoms with Crippen LogP contribution in [0, 0.1) is 20.8 Å². The molecule has 1 aromatic heterocycles. The van der Waals surface area contributed by atoms with Crippen LogP contribution in [0.4, 0.5) is 0 Å². The number of hydrogen-bond acceptors (Lipinski definition) is 0. The van der Waals surface area contributed by atoms with Crippen molar-refractivity contribution >= 4 is 17.7 Å². The molecule has 2 aromatic rings. The molecule has 0 aliphatic rings. The van der Waals surface area contributed by atoms with Crippen molar-refractivity contribution in [3.8, 4) is 11.3 Å². The van der Waals surface area contributed by atoms with Crippen molar-refractivity contribution in [1.82, 2.24) is 0 Å². The van der Waals surface area contributed by atoms with Gasteiger partial charge in [0.25, 0.3) is 0 Å². The van der Waals surface area contributed by atoms with Crippen LogP contribution in [0.5, 0.6) is 0 Å². The second kappa shape index (κ2) is 5.36. The Morgan fingerprint density at radius 3 is 2.10 bits per heavy atom. The fraction of sp³-hybridized carbons (Fsp3) is 0.389. The molecule has 0 bridgehead atoms. The second-order valence-electron chi connectivity index (χ2n) is 6.93. The summed E-state index contributed by atoms with van der Waals surface area (Å²) in [4.78, 5) is 0. The van der Waals surface area contributed by atoms with Crippen molar-refractivity contribution in [3.63, 3.8) is 0 Å². The Morgan fingerprint density at radius 2 is 1.55 bits per heavy atom. The summed E-state index contributed by atoms with van der Waals surface area (Å²) in [5, 5.41) is 0. The van der Waals surface area contributed by atoms with Gasteiger partial charge in [-0.25, -0.2) is 0 Å². The summed E-state index contributed by atoms with van der Waals surface area (Å²) < 4.78 is 3.90. The van der Waals surface area contributed by atoms with E-state index in [-0.39, 0.29) is 0 Å². The third kappa shape index (κ3) is 2.98. The van der Waals surface area contributed by atoms with Gasteiger partial charge in [0, 0.05) is 0 Å². The minimum absolute atomic E-state index is 1.32. The van der Waals surface area contributed by atoms with E-state index in [0.717, 1.165) is 0 Å². The molecule has 0 radical (unpaired) electrons. The number of nitrogens with zero attached hydrogens (tertiary/aromatic N) is 1. The first kappa shape index (κ1) is 15.3. The number of hydrogen-bond donors (Lipinski definition) is 0. The first-order valence-electron chi connectivity index (χ1n) is 7.28. The van der Waals surface area contributed by atoms with Crippen LogP contribution in [0.3, 0.4) is 0 Å². The third-order valence-electron chi connectivity index (χ3n) is 3.95. The van der Waals surface area contributed by atoms with Gasteiger partial charge in [-0.15, -0.1) is 0 Å². The Labute approximate surface area is 126 Å². The maximum atomic E-state index is 2.46. The summed E-state index contributed by atoms with van der Waals surface area (Å²) in [6.07, 6.45) is 2.37. The second-order valence-corrected chi connectivity index (χ2v) is 17.5. The molecule has 1 heterocycles. The molecule has 0 saturated heterocycles. The van der Waals surface area contributed by atoms with Crippen molar-refractivity contribution in [1.29, 1.82) is 0 Å². The summed E-state index contributed by atoms with van der Waals surface area (Å²) in [7, 11) is 2.17. The van der Waals surface area contributed by atoms with Crippen LogP contribution in [0.2, 0.25) is 17.3 Å². The van der Waals surface area contributed by atoms with E-state index in [1.54, 1.807) is 4.40 Å². The molecule has 1 nitrogen and oxygen atoms in total. The van der Waals surface area contributed by atoms with Gasteiger partial charge in [-0.2, -0.15) is 0 Å². The fourth-order valence-electron chi connectivity index (χ4n) is 2.90. The first-order valence-corrected chi connectivity index (χ1v) is 14.6. The Bertz CT molecular complexity index is 651. The van der Waals surface area contributed by atoms with Crippen LogP contribution in [0.15, 0.2) is 30.5 Å². The van der Waals surface area contributed by atoms with Gasteiger partial charge in [0.15, 0.2) is 0 Å². The Balaban J connectivity index is 2.62. The number of benzene rings is 1. The van der Waals surface area contributed by atoms with Crippen LogP contribution < -0.4 is 8.96 Å². The van der Waals surface area contributed by atoms with E-state index in [9.17, 15) is 0 Å². The molecule has 1 aromatic carbocycles. The molecule has 0 aliphatic carbocycles. The fourth-order valence-corrected chi connectivity index (χ4v) is 6.76. The summed E-state index contributed by atoms with van der Waals surface area (Å²) in [6, 6.07) is 9.08. The van der Waals surface area contributed by atoms with Crippen LogP contribution >= 0.6 is 0 Å². The zero-order valence-electron chi connectivity index (χ0n) is 13.8. The molecular weight excluding hydrogens is 303 g/mol. The Kier molecular flexibility index (Phi) is 4.10. The molecule has 0 spiro atoms. The van der Waals surface area contributed by atoms with E-state index in [1.165, 1.54) is 27.9 Å². The normalized spacial score (nSPS) is 11.8. The molecular formula is C18H26GeN+. The van der Waals surface area contributed by atoms with Gasteiger partial charge in [-0.05, 0) is 0 Å². The van der Waals surface area contributed by atoms with Crippen molar-refractivity contribution in [2.45, 2.75) is 38.0 Å². The van der Waals surface area contributed by atoms with Crippen LogP contribution in [0.1, 0.15) is 16.7 Å². The van der Waals surface area contributed by atoms with Crippen LogP contribution in [-0.2, 0) is 7.05 Å². The molecule has 0 N–H and O–H groups in total. The minimum atomic E-state index is -1.79. The van der Waals surface area contributed by atoms with E-state index in [2.05, 4.69) is 80.1 Å². The van der Waals surface area contributed by atoms with E-state index >= 15 is 0 Å². The summed E-state index contributed by atoms with van der Waals surface area (Å²) in [6.45, 7) is 6.62. The summed E-state index contributed by atoms with van der Waals surface area (Å²) >= 11 is -1.79. The standard InChI is InChI=1S/C18H26GeN/c1-13-8-9-16(14(2)10-13)18-11-15(3)17(12-20(18)7)19(4,5)6/h8-12H,1-7H3/q+1. The number of rotatable bonds is 2. The summed E-state index contributed by atoms with van der Waals surface area (Å²) in [5.74, 6) is 7.37. The van der Waals surface area contributed by atoms with Gasteiger partial charge in [-0.3, -0.25) is 0 Å². The van der Waals surface area contributed by atoms with Gasteiger partial charge < -0.3 is 0 Å². The molecule has 2 rings (SSSR count). The third-order valence-corrected chi connectivity index (χ3v) is 8.44. The van der Waals surface area contributed by atoms with E-state index in [4.69, 9.17) is 0 Å². The maximum absolute atomic E-state index is 2.46. The first-order chi connectivity index (χ1) is 9.20. The number of aromatic nitrogens is 1. The quantitative estimate of drug-likeness (QED) is 0.585. The number of aryl methyl sites for hydroxylation is 4. The summed E-state index contributed by atoms with van der Waals surface area (Å²) in [5.41, 5.74) is 6.78. The van der Waals surface area contributed by atoms with E-state index in [0.29, 0.717) is 0 Å². The van der Waals surface area contributed by atoms with Gasteiger partial charge in [0.1, 0.15) is 0 Å². The van der Waals surface area contributed by atoms with Crippen molar-refractivity contribution < 1.29 is 4.57 Å². The topological polar surface area (TPSA) is 3.88 Å². The molecule has 0 fully saturated rings. The average Bonchev–Trinajstić information content (AvgIpc) is 2.31. The molecule has 2 heteroatoms. The molecule has 0 unspecified atom stereocenters.